The SMILES string of the molecule is CCCSc1[nH]c2ccccc2c1N=Nc1c(Cl)cc(Cl)cc1Cl. The average molecular weight is 399 g/mol. The molecule has 3 rings (SSSR count). The minimum atomic E-state index is 0.374. The summed E-state index contributed by atoms with van der Waals surface area (Å²) in [6, 6.07) is 11.2. The van der Waals surface area contributed by atoms with E-state index in [1.807, 2.05) is 24.3 Å². The first-order chi connectivity index (χ1) is 11.6. The van der Waals surface area contributed by atoms with Gasteiger partial charge in [0.15, 0.2) is 0 Å². The van der Waals surface area contributed by atoms with Crippen molar-refractivity contribution >= 4 is 68.8 Å². The molecule has 1 aromatic heterocycles. The number of aromatic nitrogens is 1. The number of hydrogen-bond donors (Lipinski definition) is 1. The lowest BCUT2D eigenvalue weighted by molar-refractivity contribution is 1.09. The molecule has 7 heteroatoms. The molecule has 0 atom stereocenters. The molecule has 0 aliphatic heterocycles. The van der Waals surface area contributed by atoms with E-state index < -0.39 is 0 Å². The first-order valence-electron chi connectivity index (χ1n) is 7.40. The highest BCUT2D eigenvalue weighted by atomic mass is 35.5. The number of halogens is 3. The highest BCUT2D eigenvalue weighted by molar-refractivity contribution is 7.99. The predicted octanol–water partition coefficient (Wildman–Crippen LogP) is 8.05. The fourth-order valence-corrected chi connectivity index (χ4v) is 4.01. The van der Waals surface area contributed by atoms with E-state index >= 15 is 0 Å². The number of aromatic amines is 1. The van der Waals surface area contributed by atoms with Crippen LogP contribution < -0.4 is 0 Å². The van der Waals surface area contributed by atoms with Gasteiger partial charge in [0, 0.05) is 15.9 Å². The van der Waals surface area contributed by atoms with Gasteiger partial charge in [-0.05, 0) is 30.4 Å². The lowest BCUT2D eigenvalue weighted by Gasteiger charge is -2.02. The van der Waals surface area contributed by atoms with Crippen molar-refractivity contribution in [3.63, 3.8) is 0 Å². The maximum Gasteiger partial charge on any atom is 0.125 e. The van der Waals surface area contributed by atoms with E-state index in [9.17, 15) is 0 Å². The molecule has 0 bridgehead atoms. The zero-order valence-corrected chi connectivity index (χ0v) is 15.9. The van der Waals surface area contributed by atoms with E-state index in [0.717, 1.165) is 33.8 Å². The van der Waals surface area contributed by atoms with Crippen LogP contribution in [0, 0.1) is 0 Å². The summed E-state index contributed by atoms with van der Waals surface area (Å²) in [6.07, 6.45) is 1.07. The third kappa shape index (κ3) is 3.72. The van der Waals surface area contributed by atoms with Crippen LogP contribution in [0.15, 0.2) is 51.7 Å². The Morgan fingerprint density at radius 2 is 1.67 bits per heavy atom. The van der Waals surface area contributed by atoms with Crippen molar-refractivity contribution in [3.8, 4) is 0 Å². The molecular weight excluding hydrogens is 385 g/mol. The van der Waals surface area contributed by atoms with Gasteiger partial charge in [0.05, 0.1) is 10.0 Å². The summed E-state index contributed by atoms with van der Waals surface area (Å²) in [6.45, 7) is 2.14. The monoisotopic (exact) mass is 397 g/mol. The van der Waals surface area contributed by atoms with Gasteiger partial charge in [-0.2, -0.15) is 0 Å². The van der Waals surface area contributed by atoms with Crippen LogP contribution in [0.2, 0.25) is 15.1 Å². The highest BCUT2D eigenvalue weighted by Gasteiger charge is 2.12. The number of thioether (sulfide) groups is 1. The molecule has 0 amide bonds. The van der Waals surface area contributed by atoms with E-state index in [2.05, 4.69) is 22.1 Å². The van der Waals surface area contributed by atoms with Crippen LogP contribution in [0.4, 0.5) is 11.4 Å². The maximum atomic E-state index is 6.18. The quantitative estimate of drug-likeness (QED) is 0.343. The number of nitrogens with one attached hydrogen (secondary N) is 1. The van der Waals surface area contributed by atoms with Gasteiger partial charge in [-0.1, -0.05) is 59.9 Å². The largest absolute Gasteiger partial charge is 0.348 e. The number of H-pyrrole nitrogens is 1. The fraction of sp³-hybridized carbons (Fsp3) is 0.176. The van der Waals surface area contributed by atoms with Crippen LogP contribution in [-0.4, -0.2) is 10.7 Å². The van der Waals surface area contributed by atoms with Crippen molar-refractivity contribution in [1.29, 1.82) is 0 Å². The van der Waals surface area contributed by atoms with Gasteiger partial charge in [-0.3, -0.25) is 0 Å². The summed E-state index contributed by atoms with van der Waals surface area (Å²) >= 11 is 20.0. The number of azo groups is 1. The van der Waals surface area contributed by atoms with Gasteiger partial charge in [-0.25, -0.2) is 0 Å². The number of hydrogen-bond acceptors (Lipinski definition) is 3. The molecule has 0 fully saturated rings. The average Bonchev–Trinajstić information content (AvgIpc) is 2.89. The number of fused-ring (bicyclic) bond motifs is 1. The summed E-state index contributed by atoms with van der Waals surface area (Å²) < 4.78 is 0. The minimum absolute atomic E-state index is 0.374. The smallest absolute Gasteiger partial charge is 0.125 e. The van der Waals surface area contributed by atoms with Crippen LogP contribution in [0.5, 0.6) is 0 Å². The molecule has 3 aromatic rings. The molecule has 0 saturated heterocycles. The van der Waals surface area contributed by atoms with E-state index in [1.54, 1.807) is 23.9 Å². The molecule has 3 nitrogen and oxygen atoms in total. The molecular formula is C17H14Cl3N3S. The number of benzene rings is 2. The van der Waals surface area contributed by atoms with E-state index in [1.165, 1.54) is 0 Å². The van der Waals surface area contributed by atoms with Gasteiger partial charge in [0.25, 0.3) is 0 Å². The van der Waals surface area contributed by atoms with Gasteiger partial charge < -0.3 is 4.98 Å². The Morgan fingerprint density at radius 3 is 2.38 bits per heavy atom. The normalized spacial score (nSPS) is 11.7. The third-order valence-electron chi connectivity index (χ3n) is 3.33. The lowest BCUT2D eigenvalue weighted by Crippen LogP contribution is -1.76. The second-order valence-electron chi connectivity index (χ2n) is 5.11. The van der Waals surface area contributed by atoms with Crippen LogP contribution >= 0.6 is 46.6 Å². The second-order valence-corrected chi connectivity index (χ2v) is 7.47. The predicted molar refractivity (Wildman–Crippen MR) is 105 cm³/mol. The van der Waals surface area contributed by atoms with Gasteiger partial charge in [-0.15, -0.1) is 22.0 Å². The van der Waals surface area contributed by atoms with Gasteiger partial charge in [0.2, 0.25) is 0 Å². The first-order valence-corrected chi connectivity index (χ1v) is 9.52. The molecule has 0 spiro atoms. The molecule has 0 radical (unpaired) electrons. The van der Waals surface area contributed by atoms with Crippen LogP contribution in [-0.2, 0) is 0 Å². The van der Waals surface area contributed by atoms with Crippen molar-refractivity contribution in [2.75, 3.05) is 5.75 Å². The first kappa shape index (κ1) is 17.6. The Morgan fingerprint density at radius 1 is 1.00 bits per heavy atom. The van der Waals surface area contributed by atoms with Crippen molar-refractivity contribution < 1.29 is 0 Å². The molecule has 1 N–H and O–H groups in total. The molecule has 0 aliphatic rings. The molecule has 0 unspecified atom stereocenters. The van der Waals surface area contributed by atoms with Crippen molar-refractivity contribution in [2.45, 2.75) is 18.4 Å². The number of para-hydroxylation sites is 1. The van der Waals surface area contributed by atoms with Crippen LogP contribution in [0.25, 0.3) is 10.9 Å². The number of nitrogens with zero attached hydrogens (tertiary/aromatic N) is 2. The molecule has 124 valence electrons. The number of rotatable bonds is 5. The van der Waals surface area contributed by atoms with Crippen LogP contribution in [0.1, 0.15) is 13.3 Å². The molecule has 24 heavy (non-hydrogen) atoms. The summed E-state index contributed by atoms with van der Waals surface area (Å²) in [5.74, 6) is 0.998. The Hall–Kier alpha value is -1.20. The standard InChI is InChI=1S/C17H14Cl3N3S/c1-2-7-24-17-15(11-5-3-4-6-14(11)21-17)22-23-16-12(19)8-10(18)9-13(16)20/h3-6,8-9,21H,2,7H2,1H3. The summed E-state index contributed by atoms with van der Waals surface area (Å²) in [7, 11) is 0. The van der Waals surface area contributed by atoms with Crippen molar-refractivity contribution in [1.82, 2.24) is 4.98 Å². The van der Waals surface area contributed by atoms with Crippen molar-refractivity contribution in [3.05, 3.63) is 51.5 Å². The van der Waals surface area contributed by atoms with E-state index in [0.29, 0.717) is 20.8 Å². The fourth-order valence-electron chi connectivity index (χ4n) is 2.24. The molecule has 1 heterocycles. The minimum Gasteiger partial charge on any atom is -0.348 e. The van der Waals surface area contributed by atoms with Crippen molar-refractivity contribution in [2.24, 2.45) is 10.2 Å². The van der Waals surface area contributed by atoms with Gasteiger partial charge >= 0.3 is 0 Å². The summed E-state index contributed by atoms with van der Waals surface area (Å²) in [4.78, 5) is 3.40. The third-order valence-corrected chi connectivity index (χ3v) is 5.32. The molecule has 0 saturated carbocycles. The zero-order valence-electron chi connectivity index (χ0n) is 12.8. The Labute approximate surface area is 159 Å². The Bertz CT molecular complexity index is 882. The van der Waals surface area contributed by atoms with Crippen LogP contribution in [0.3, 0.4) is 0 Å². The summed E-state index contributed by atoms with van der Waals surface area (Å²) in [5, 5.41) is 11.9. The Balaban J connectivity index is 2.05. The highest BCUT2D eigenvalue weighted by Crippen LogP contribution is 2.41. The lowest BCUT2D eigenvalue weighted by atomic mass is 10.2. The second kappa shape index (κ2) is 7.79. The summed E-state index contributed by atoms with van der Waals surface area (Å²) in [5.41, 5.74) is 2.24. The molecule has 0 aliphatic carbocycles. The topological polar surface area (TPSA) is 40.5 Å². The van der Waals surface area contributed by atoms with E-state index in [-0.39, 0.29) is 0 Å². The Kier molecular flexibility index (Phi) is 5.72. The van der Waals surface area contributed by atoms with Gasteiger partial charge in [0.1, 0.15) is 16.4 Å². The van der Waals surface area contributed by atoms with E-state index in [4.69, 9.17) is 34.8 Å². The zero-order chi connectivity index (χ0) is 17.1. The maximum absolute atomic E-state index is 6.18. The molecule has 2 aromatic carbocycles.